The van der Waals surface area contributed by atoms with Crippen LogP contribution in [-0.2, 0) is 11.2 Å². The smallest absolute Gasteiger partial charge is 0.335 e. The zero-order valence-electron chi connectivity index (χ0n) is 9.56. The third kappa shape index (κ3) is 4.20. The second kappa shape index (κ2) is 6.90. The fraction of sp³-hybridized carbons (Fsp3) is 0.182. The quantitative estimate of drug-likeness (QED) is 0.388. The normalized spacial score (nSPS) is 9.74. The van der Waals surface area contributed by atoms with Crippen molar-refractivity contribution in [3.63, 3.8) is 0 Å². The van der Waals surface area contributed by atoms with Crippen LogP contribution in [0.4, 0.5) is 4.79 Å². The van der Waals surface area contributed by atoms with Gasteiger partial charge in [-0.3, -0.25) is 4.79 Å². The number of primary amides is 1. The van der Waals surface area contributed by atoms with Gasteiger partial charge in [-0.2, -0.15) is 10.2 Å². The topological polar surface area (TPSA) is 107 Å². The van der Waals surface area contributed by atoms with Gasteiger partial charge >= 0.3 is 6.03 Å². The van der Waals surface area contributed by atoms with Crippen molar-refractivity contribution in [2.45, 2.75) is 12.8 Å². The van der Waals surface area contributed by atoms with E-state index in [4.69, 9.17) is 11.0 Å². The van der Waals surface area contributed by atoms with E-state index >= 15 is 0 Å². The van der Waals surface area contributed by atoms with Crippen LogP contribution in [0.25, 0.3) is 0 Å². The van der Waals surface area contributed by atoms with E-state index in [9.17, 15) is 14.7 Å². The highest BCUT2D eigenvalue weighted by atomic mass is 127. The Kier molecular flexibility index (Phi) is 5.80. The van der Waals surface area contributed by atoms with Gasteiger partial charge in [-0.15, -0.1) is 0 Å². The number of hydrogen-bond acceptors (Lipinski definition) is 4. The number of phenolic OH excluding ortho intramolecular Hbond substituents is 1. The molecule has 3 amide bonds. The Morgan fingerprint density at radius 2 is 1.89 bits per heavy atom. The number of phenols is 1. The minimum atomic E-state index is -1.08. The molecule has 0 unspecified atom stereocenters. The van der Waals surface area contributed by atoms with Crippen LogP contribution in [0, 0.1) is 18.6 Å². The number of hydrogen-bond donors (Lipinski definition) is 2. The summed E-state index contributed by atoms with van der Waals surface area (Å²) in [5.74, 6) is -0.444. The molecule has 100 valence electrons. The van der Waals surface area contributed by atoms with Gasteiger partial charge in [0.15, 0.2) is 6.19 Å². The van der Waals surface area contributed by atoms with Crippen molar-refractivity contribution < 1.29 is 14.7 Å². The molecule has 0 radical (unpaired) electrons. The van der Waals surface area contributed by atoms with Crippen molar-refractivity contribution in [2.75, 3.05) is 0 Å². The Labute approximate surface area is 136 Å². The molecule has 3 N–H and O–H groups in total. The molecule has 0 saturated carbocycles. The first-order valence-electron chi connectivity index (χ1n) is 5.05. The number of halogens is 2. The van der Waals surface area contributed by atoms with Gasteiger partial charge in [-0.1, -0.05) is 0 Å². The Hall–Kier alpha value is -1.09. The maximum atomic E-state index is 11.6. The summed E-state index contributed by atoms with van der Waals surface area (Å²) in [5.41, 5.74) is 5.73. The van der Waals surface area contributed by atoms with Gasteiger partial charge in [0.05, 0.1) is 7.14 Å². The largest absolute Gasteiger partial charge is 0.506 e. The second-order valence-electron chi connectivity index (χ2n) is 3.58. The van der Waals surface area contributed by atoms with Gasteiger partial charge in [0.1, 0.15) is 5.75 Å². The van der Waals surface area contributed by atoms with Gasteiger partial charge in [0, 0.05) is 6.42 Å². The number of rotatable bonds is 3. The number of imide groups is 1. The van der Waals surface area contributed by atoms with E-state index in [1.807, 2.05) is 45.2 Å². The fourth-order valence-corrected chi connectivity index (χ4v) is 3.25. The van der Waals surface area contributed by atoms with Crippen molar-refractivity contribution in [1.82, 2.24) is 4.90 Å². The van der Waals surface area contributed by atoms with E-state index in [2.05, 4.69) is 0 Å². The number of nitriles is 1. The lowest BCUT2D eigenvalue weighted by atomic mass is 10.1. The summed E-state index contributed by atoms with van der Waals surface area (Å²) in [5, 5.41) is 18.2. The molecule has 0 aromatic heterocycles. The molecule has 0 heterocycles. The van der Waals surface area contributed by atoms with Gasteiger partial charge in [0.25, 0.3) is 0 Å². The van der Waals surface area contributed by atoms with Crippen LogP contribution >= 0.6 is 45.2 Å². The predicted octanol–water partition coefficient (Wildman–Crippen LogP) is 1.92. The standard InChI is InChI=1S/C11H9I2N3O3/c12-7-3-6(4-8(13)10(7)18)1-2-9(17)16(5-14)11(15)19/h3-4,18H,1-2H2,(H2,15,19). The summed E-state index contributed by atoms with van der Waals surface area (Å²) in [6, 6.07) is 2.40. The molecule has 0 aliphatic rings. The summed E-state index contributed by atoms with van der Waals surface area (Å²) in [6.45, 7) is 0. The molecule has 0 spiro atoms. The minimum absolute atomic E-state index is 0.00651. The Morgan fingerprint density at radius 3 is 2.32 bits per heavy atom. The predicted molar refractivity (Wildman–Crippen MR) is 83.9 cm³/mol. The van der Waals surface area contributed by atoms with Crippen LogP contribution in [0.2, 0.25) is 0 Å². The highest BCUT2D eigenvalue weighted by Gasteiger charge is 2.18. The summed E-state index contributed by atoms with van der Waals surface area (Å²) in [4.78, 5) is 22.7. The van der Waals surface area contributed by atoms with Crippen LogP contribution in [-0.4, -0.2) is 21.9 Å². The molecule has 19 heavy (non-hydrogen) atoms. The van der Waals surface area contributed by atoms with Crippen LogP contribution < -0.4 is 5.73 Å². The van der Waals surface area contributed by atoms with Gasteiger partial charge in [-0.05, 0) is 69.3 Å². The lowest BCUT2D eigenvalue weighted by Gasteiger charge is -2.09. The molecule has 0 aliphatic heterocycles. The van der Waals surface area contributed by atoms with Crippen molar-refractivity contribution >= 4 is 57.1 Å². The zero-order valence-corrected chi connectivity index (χ0v) is 13.9. The van der Waals surface area contributed by atoms with Crippen molar-refractivity contribution in [1.29, 1.82) is 5.26 Å². The van der Waals surface area contributed by atoms with Gasteiger partial charge in [0.2, 0.25) is 5.91 Å². The number of aromatic hydroxyl groups is 1. The highest BCUT2D eigenvalue weighted by molar-refractivity contribution is 14.1. The zero-order chi connectivity index (χ0) is 14.6. The average molecular weight is 485 g/mol. The highest BCUT2D eigenvalue weighted by Crippen LogP contribution is 2.27. The molecule has 0 bridgehead atoms. The van der Waals surface area contributed by atoms with E-state index < -0.39 is 11.9 Å². The molecule has 8 heteroatoms. The Morgan fingerprint density at radius 1 is 1.37 bits per heavy atom. The van der Waals surface area contributed by atoms with Gasteiger partial charge < -0.3 is 10.8 Å². The second-order valence-corrected chi connectivity index (χ2v) is 5.90. The lowest BCUT2D eigenvalue weighted by Crippen LogP contribution is -2.36. The number of aryl methyl sites for hydroxylation is 1. The molecule has 0 fully saturated rings. The molecule has 0 saturated heterocycles. The molecule has 0 atom stereocenters. The molecular formula is C11H9I2N3O3. The average Bonchev–Trinajstić information content (AvgIpc) is 2.33. The summed E-state index contributed by atoms with van der Waals surface area (Å²) >= 11 is 3.97. The number of carbonyl (C=O) groups excluding carboxylic acids is 2. The molecule has 1 aromatic rings. The third-order valence-corrected chi connectivity index (χ3v) is 3.92. The van der Waals surface area contributed by atoms with Gasteiger partial charge in [-0.25, -0.2) is 4.79 Å². The molecular weight excluding hydrogens is 476 g/mol. The molecule has 1 rings (SSSR count). The lowest BCUT2D eigenvalue weighted by molar-refractivity contribution is -0.125. The Bertz CT molecular complexity index is 546. The first-order chi connectivity index (χ1) is 8.86. The third-order valence-electron chi connectivity index (χ3n) is 2.27. The molecule has 6 nitrogen and oxygen atoms in total. The SMILES string of the molecule is N#CN(C(N)=O)C(=O)CCc1cc(I)c(O)c(I)c1. The number of nitrogens with zero attached hydrogens (tertiary/aromatic N) is 2. The monoisotopic (exact) mass is 485 g/mol. The number of benzene rings is 1. The number of urea groups is 1. The summed E-state index contributed by atoms with van der Waals surface area (Å²) < 4.78 is 1.36. The van der Waals surface area contributed by atoms with Crippen molar-refractivity contribution in [3.05, 3.63) is 24.8 Å². The number of amides is 3. The van der Waals surface area contributed by atoms with E-state index in [1.54, 1.807) is 12.1 Å². The minimum Gasteiger partial charge on any atom is -0.506 e. The number of carbonyl (C=O) groups is 2. The van der Waals surface area contributed by atoms with E-state index in [1.165, 1.54) is 6.19 Å². The Balaban J connectivity index is 2.76. The first-order valence-corrected chi connectivity index (χ1v) is 7.21. The maximum absolute atomic E-state index is 11.6. The van der Waals surface area contributed by atoms with Crippen LogP contribution in [0.3, 0.4) is 0 Å². The molecule has 1 aromatic carbocycles. The fourth-order valence-electron chi connectivity index (χ4n) is 1.35. The van der Waals surface area contributed by atoms with Crippen LogP contribution in [0.1, 0.15) is 12.0 Å². The van der Waals surface area contributed by atoms with Crippen molar-refractivity contribution in [2.24, 2.45) is 5.73 Å². The van der Waals surface area contributed by atoms with Crippen LogP contribution in [0.5, 0.6) is 5.75 Å². The number of nitrogens with two attached hydrogens (primary N) is 1. The maximum Gasteiger partial charge on any atom is 0.335 e. The molecule has 0 aliphatic carbocycles. The summed E-state index contributed by atoms with van der Waals surface area (Å²) in [6.07, 6.45) is 1.79. The van der Waals surface area contributed by atoms with E-state index in [0.717, 1.165) is 5.56 Å². The first kappa shape index (κ1) is 16.0. The van der Waals surface area contributed by atoms with E-state index in [-0.39, 0.29) is 12.2 Å². The van der Waals surface area contributed by atoms with Crippen molar-refractivity contribution in [3.8, 4) is 11.9 Å². The summed E-state index contributed by atoms with van der Waals surface area (Å²) in [7, 11) is 0. The van der Waals surface area contributed by atoms with E-state index in [0.29, 0.717) is 18.5 Å². The van der Waals surface area contributed by atoms with Crippen LogP contribution in [0.15, 0.2) is 12.1 Å².